The van der Waals surface area contributed by atoms with E-state index in [1.54, 1.807) is 37.3 Å². The van der Waals surface area contributed by atoms with Crippen LogP contribution in [0.2, 0.25) is 0 Å². The van der Waals surface area contributed by atoms with Gasteiger partial charge in [-0.15, -0.1) is 11.3 Å². The Bertz CT molecular complexity index is 1340. The van der Waals surface area contributed by atoms with Crippen molar-refractivity contribution in [2.24, 2.45) is 0 Å². The van der Waals surface area contributed by atoms with Crippen LogP contribution in [0.25, 0.3) is 11.6 Å². The number of para-hydroxylation sites is 2. The van der Waals surface area contributed by atoms with E-state index in [-0.39, 0.29) is 11.1 Å². The molecule has 8 heteroatoms. The first-order valence-corrected chi connectivity index (χ1v) is 11.2. The van der Waals surface area contributed by atoms with Gasteiger partial charge in [-0.05, 0) is 43.7 Å². The lowest BCUT2D eigenvalue weighted by atomic mass is 10.2. The van der Waals surface area contributed by atoms with E-state index in [9.17, 15) is 14.9 Å². The number of nitrogens with one attached hydrogen (secondary N) is 1. The zero-order valence-corrected chi connectivity index (χ0v) is 19.4. The third-order valence-corrected chi connectivity index (χ3v) is 6.26. The van der Waals surface area contributed by atoms with Crippen LogP contribution in [-0.2, 0) is 11.3 Å². The second-order valence-electron chi connectivity index (χ2n) is 6.36. The Morgan fingerprint density at radius 2 is 1.94 bits per heavy atom. The van der Waals surface area contributed by atoms with Gasteiger partial charge < -0.3 is 10.1 Å². The first-order chi connectivity index (χ1) is 15.0. The van der Waals surface area contributed by atoms with Crippen LogP contribution in [0.3, 0.4) is 0 Å². The molecule has 0 aliphatic heterocycles. The van der Waals surface area contributed by atoms with E-state index in [4.69, 9.17) is 4.74 Å². The van der Waals surface area contributed by atoms with Gasteiger partial charge in [0.15, 0.2) is 5.57 Å². The van der Waals surface area contributed by atoms with Crippen LogP contribution in [0.1, 0.15) is 19.4 Å². The number of hydrogen-bond acceptors (Lipinski definition) is 5. The van der Waals surface area contributed by atoms with Gasteiger partial charge in [-0.25, -0.2) is 0 Å². The van der Waals surface area contributed by atoms with Crippen LogP contribution in [0.5, 0.6) is 5.75 Å². The molecule has 0 aliphatic carbocycles. The highest BCUT2D eigenvalue weighted by atomic mass is 79.9. The lowest BCUT2D eigenvalue weighted by molar-refractivity contribution is -0.111. The summed E-state index contributed by atoms with van der Waals surface area (Å²) in [7, 11) is 0. The number of ether oxygens (including phenoxy) is 1. The fraction of sp³-hybridized carbons (Fsp3) is 0.174. The molecule has 0 atom stereocenters. The van der Waals surface area contributed by atoms with E-state index in [0.717, 1.165) is 21.4 Å². The number of rotatable bonds is 6. The molecule has 0 bridgehead atoms. The second kappa shape index (κ2) is 10.2. The van der Waals surface area contributed by atoms with Crippen molar-refractivity contribution in [3.8, 4) is 11.8 Å². The fourth-order valence-electron chi connectivity index (χ4n) is 2.96. The number of halogens is 1. The van der Waals surface area contributed by atoms with Gasteiger partial charge in [-0.1, -0.05) is 46.3 Å². The number of nitriles is 1. The third-order valence-electron chi connectivity index (χ3n) is 4.40. The summed E-state index contributed by atoms with van der Waals surface area (Å²) in [4.78, 5) is 25.9. The predicted octanol–water partition coefficient (Wildman–Crippen LogP) is 3.23. The molecule has 0 radical (unpaired) electrons. The summed E-state index contributed by atoms with van der Waals surface area (Å²) in [6.45, 7) is 4.43. The first kappa shape index (κ1) is 22.5. The third kappa shape index (κ3) is 4.95. The van der Waals surface area contributed by atoms with Gasteiger partial charge in [0, 0.05) is 11.0 Å². The minimum absolute atomic E-state index is 0.123. The van der Waals surface area contributed by atoms with Crippen molar-refractivity contribution < 1.29 is 9.53 Å². The summed E-state index contributed by atoms with van der Waals surface area (Å²) < 4.78 is 8.59. The largest absolute Gasteiger partial charge is 0.492 e. The summed E-state index contributed by atoms with van der Waals surface area (Å²) in [6, 6.07) is 16.5. The molecule has 1 aromatic heterocycles. The topological polar surface area (TPSA) is 84.1 Å². The van der Waals surface area contributed by atoms with Gasteiger partial charge in [0.25, 0.3) is 11.5 Å². The molecule has 1 heterocycles. The Balaban J connectivity index is 2.13. The number of thiazole rings is 1. The average molecular weight is 498 g/mol. The van der Waals surface area contributed by atoms with Crippen molar-refractivity contribution in [3.05, 3.63) is 78.1 Å². The smallest absolute Gasteiger partial charge is 0.269 e. The quantitative estimate of drug-likeness (QED) is 0.566. The van der Waals surface area contributed by atoms with E-state index in [0.29, 0.717) is 33.8 Å². The van der Waals surface area contributed by atoms with Gasteiger partial charge >= 0.3 is 0 Å². The molecule has 0 saturated heterocycles. The number of anilines is 1. The fourth-order valence-corrected chi connectivity index (χ4v) is 4.51. The van der Waals surface area contributed by atoms with Crippen molar-refractivity contribution in [1.82, 2.24) is 4.57 Å². The predicted molar refractivity (Wildman–Crippen MR) is 126 cm³/mol. The summed E-state index contributed by atoms with van der Waals surface area (Å²) in [5.41, 5.74) is 0.934. The Morgan fingerprint density at radius 1 is 1.23 bits per heavy atom. The number of amides is 1. The molecule has 2 aromatic carbocycles. The Hall–Kier alpha value is -3.15. The number of hydrogen-bond donors (Lipinski definition) is 1. The Morgan fingerprint density at radius 3 is 2.61 bits per heavy atom. The standard InChI is InChI=1S/C23H20BrN3O3S/c1-3-27-22(29)20(13-15-9-5-6-10-17(15)24)31-23(27)16(14-25)21(28)26-18-11-7-8-12-19(18)30-4-2/h5-13H,3-4H2,1-2H3,(H,26,28)/b20-13-,23-16-. The molecular formula is C23H20BrN3O3S. The summed E-state index contributed by atoms with van der Waals surface area (Å²) in [6.07, 6.45) is 1.75. The van der Waals surface area contributed by atoms with Crippen LogP contribution >= 0.6 is 27.3 Å². The molecule has 3 rings (SSSR count). The highest BCUT2D eigenvalue weighted by Gasteiger charge is 2.17. The number of aromatic nitrogens is 1. The molecule has 0 spiro atoms. The maximum Gasteiger partial charge on any atom is 0.269 e. The van der Waals surface area contributed by atoms with Crippen molar-refractivity contribution in [2.45, 2.75) is 20.4 Å². The van der Waals surface area contributed by atoms with Crippen molar-refractivity contribution in [3.63, 3.8) is 0 Å². The van der Waals surface area contributed by atoms with E-state index in [2.05, 4.69) is 21.2 Å². The number of nitrogens with zero attached hydrogens (tertiary/aromatic N) is 2. The molecule has 6 nitrogen and oxygen atoms in total. The number of carbonyl (C=O) groups excluding carboxylic acids is 1. The maximum absolute atomic E-state index is 12.9. The molecule has 0 saturated carbocycles. The van der Waals surface area contributed by atoms with Crippen molar-refractivity contribution in [1.29, 1.82) is 5.26 Å². The molecule has 1 amide bonds. The summed E-state index contributed by atoms with van der Waals surface area (Å²) in [5.74, 6) is -0.0804. The lowest BCUT2D eigenvalue weighted by Gasteiger charge is -2.10. The second-order valence-corrected chi connectivity index (χ2v) is 8.24. The average Bonchev–Trinajstić information content (AvgIpc) is 3.07. The highest BCUT2D eigenvalue weighted by Crippen LogP contribution is 2.24. The van der Waals surface area contributed by atoms with Crippen molar-refractivity contribution >= 4 is 50.5 Å². The minimum Gasteiger partial charge on any atom is -0.492 e. The van der Waals surface area contributed by atoms with Crippen LogP contribution in [-0.4, -0.2) is 17.1 Å². The zero-order valence-electron chi connectivity index (χ0n) is 17.0. The van der Waals surface area contributed by atoms with Crippen LogP contribution in [0.15, 0.2) is 57.8 Å². The maximum atomic E-state index is 12.9. The van der Waals surface area contributed by atoms with Crippen molar-refractivity contribution in [2.75, 3.05) is 11.9 Å². The van der Waals surface area contributed by atoms with Gasteiger partial charge in [0.05, 0.1) is 16.8 Å². The Kier molecular flexibility index (Phi) is 7.45. The van der Waals surface area contributed by atoms with Gasteiger partial charge in [-0.3, -0.25) is 14.2 Å². The molecular weight excluding hydrogens is 478 g/mol. The molecule has 0 unspecified atom stereocenters. The molecule has 0 fully saturated rings. The van der Waals surface area contributed by atoms with Gasteiger partial charge in [0.1, 0.15) is 16.5 Å². The molecule has 158 valence electrons. The number of carbonyl (C=O) groups is 1. The molecule has 3 aromatic rings. The van der Waals surface area contributed by atoms with E-state index < -0.39 is 5.91 Å². The van der Waals surface area contributed by atoms with Crippen LogP contribution in [0.4, 0.5) is 5.69 Å². The zero-order chi connectivity index (χ0) is 22.4. The molecule has 1 N–H and O–H groups in total. The normalized spacial score (nSPS) is 12.3. The van der Waals surface area contributed by atoms with Gasteiger partial charge in [-0.2, -0.15) is 5.26 Å². The summed E-state index contributed by atoms with van der Waals surface area (Å²) >= 11 is 4.60. The first-order valence-electron chi connectivity index (χ1n) is 9.63. The monoisotopic (exact) mass is 497 g/mol. The van der Waals surface area contributed by atoms with E-state index >= 15 is 0 Å². The molecule has 0 aliphatic rings. The van der Waals surface area contributed by atoms with Crippen LogP contribution < -0.4 is 24.8 Å². The number of benzene rings is 2. The highest BCUT2D eigenvalue weighted by molar-refractivity contribution is 9.10. The lowest BCUT2D eigenvalue weighted by Crippen LogP contribution is -2.33. The Labute approximate surface area is 191 Å². The van der Waals surface area contributed by atoms with E-state index in [1.165, 1.54) is 4.57 Å². The SMILES string of the molecule is CCOc1ccccc1NC(=O)/C(C#N)=c1\s/c(=C\c2ccccc2Br)c(=O)n1CC. The summed E-state index contributed by atoms with van der Waals surface area (Å²) in [5, 5.41) is 12.5. The van der Waals surface area contributed by atoms with Crippen LogP contribution in [0, 0.1) is 11.3 Å². The molecule has 31 heavy (non-hydrogen) atoms. The van der Waals surface area contributed by atoms with Gasteiger partial charge in [0.2, 0.25) is 0 Å². The van der Waals surface area contributed by atoms with E-state index in [1.807, 2.05) is 37.3 Å². The minimum atomic E-state index is -0.592.